The van der Waals surface area contributed by atoms with Crippen LogP contribution in [0.15, 0.2) is 30.3 Å². The molecule has 1 N–H and O–H groups in total. The molecule has 0 bridgehead atoms. The first-order valence-electron chi connectivity index (χ1n) is 6.40. The van der Waals surface area contributed by atoms with Crippen LogP contribution in [0.25, 0.3) is 0 Å². The molecule has 2 nitrogen and oxygen atoms in total. The molecule has 0 fully saturated rings. The molecule has 0 heterocycles. The monoisotopic (exact) mass is 233 g/mol. The van der Waals surface area contributed by atoms with Crippen LogP contribution >= 0.6 is 0 Å². The summed E-state index contributed by atoms with van der Waals surface area (Å²) in [5.74, 6) is 0.435. The largest absolute Gasteiger partial charge is 0.311 e. The van der Waals surface area contributed by atoms with Crippen molar-refractivity contribution in [1.29, 1.82) is 0 Å². The maximum Gasteiger partial charge on any atom is 0.152 e. The van der Waals surface area contributed by atoms with Crippen molar-refractivity contribution in [3.63, 3.8) is 0 Å². The van der Waals surface area contributed by atoms with E-state index in [2.05, 4.69) is 29.6 Å². The number of ketones is 1. The van der Waals surface area contributed by atoms with Crippen LogP contribution in [0, 0.1) is 5.92 Å². The highest BCUT2D eigenvalue weighted by molar-refractivity contribution is 5.85. The lowest BCUT2D eigenvalue weighted by molar-refractivity contribution is -0.124. The standard InChI is InChI=1S/C15H23NO/c1-12(2)15(17)14(16-3)11-7-10-13-8-5-4-6-9-13/h4-6,8-9,12,14,16H,7,10-11H2,1-3H3/t14-/m0/s1. The molecule has 0 saturated heterocycles. The number of nitrogens with one attached hydrogen (secondary N) is 1. The third-order valence-corrected chi connectivity index (χ3v) is 3.06. The predicted octanol–water partition coefficient (Wildman–Crippen LogP) is 2.82. The number of aryl methyl sites for hydroxylation is 1. The van der Waals surface area contributed by atoms with Gasteiger partial charge in [-0.15, -0.1) is 0 Å². The van der Waals surface area contributed by atoms with Crippen LogP contribution in [0.3, 0.4) is 0 Å². The summed E-state index contributed by atoms with van der Waals surface area (Å²) >= 11 is 0. The second-order valence-corrected chi connectivity index (χ2v) is 4.78. The second-order valence-electron chi connectivity index (χ2n) is 4.78. The van der Waals surface area contributed by atoms with E-state index in [1.54, 1.807) is 0 Å². The Labute approximate surface area is 104 Å². The van der Waals surface area contributed by atoms with Gasteiger partial charge in [0.15, 0.2) is 5.78 Å². The quantitative estimate of drug-likeness (QED) is 0.784. The highest BCUT2D eigenvalue weighted by Gasteiger charge is 2.18. The summed E-state index contributed by atoms with van der Waals surface area (Å²) in [6, 6.07) is 10.4. The predicted molar refractivity (Wildman–Crippen MR) is 72.1 cm³/mol. The molecule has 94 valence electrons. The Bertz CT molecular complexity index is 332. The van der Waals surface area contributed by atoms with Crippen molar-refractivity contribution in [2.24, 2.45) is 5.92 Å². The van der Waals surface area contributed by atoms with Gasteiger partial charge < -0.3 is 5.32 Å². The zero-order valence-electron chi connectivity index (χ0n) is 11.1. The van der Waals surface area contributed by atoms with Crippen molar-refractivity contribution in [3.05, 3.63) is 35.9 Å². The highest BCUT2D eigenvalue weighted by Crippen LogP contribution is 2.09. The Morgan fingerprint density at radius 3 is 2.41 bits per heavy atom. The molecule has 0 radical (unpaired) electrons. The topological polar surface area (TPSA) is 29.1 Å². The number of hydrogen-bond donors (Lipinski definition) is 1. The van der Waals surface area contributed by atoms with E-state index in [0.29, 0.717) is 5.78 Å². The molecule has 17 heavy (non-hydrogen) atoms. The third-order valence-electron chi connectivity index (χ3n) is 3.06. The molecule has 1 aromatic rings. The van der Waals surface area contributed by atoms with E-state index in [1.807, 2.05) is 27.0 Å². The summed E-state index contributed by atoms with van der Waals surface area (Å²) < 4.78 is 0. The number of Topliss-reactive ketones (excluding diaryl/α,β-unsaturated/α-hetero) is 1. The lowest BCUT2D eigenvalue weighted by Gasteiger charge is -2.16. The van der Waals surface area contributed by atoms with E-state index in [4.69, 9.17) is 0 Å². The highest BCUT2D eigenvalue weighted by atomic mass is 16.1. The normalized spacial score (nSPS) is 12.7. The van der Waals surface area contributed by atoms with Gasteiger partial charge >= 0.3 is 0 Å². The maximum atomic E-state index is 11.9. The SMILES string of the molecule is CN[C@@H](CCCc1ccccc1)C(=O)C(C)C. The molecule has 2 heteroatoms. The van der Waals surface area contributed by atoms with Gasteiger partial charge in [0.05, 0.1) is 6.04 Å². The number of hydrogen-bond acceptors (Lipinski definition) is 2. The van der Waals surface area contributed by atoms with Crippen molar-refractivity contribution >= 4 is 5.78 Å². The van der Waals surface area contributed by atoms with Gasteiger partial charge in [-0.05, 0) is 31.9 Å². The molecule has 1 rings (SSSR count). The number of rotatable bonds is 7. The van der Waals surface area contributed by atoms with Gasteiger partial charge in [-0.3, -0.25) is 4.79 Å². The van der Waals surface area contributed by atoms with Crippen LogP contribution in [0.1, 0.15) is 32.3 Å². The summed E-state index contributed by atoms with van der Waals surface area (Å²) in [4.78, 5) is 11.9. The van der Waals surface area contributed by atoms with E-state index >= 15 is 0 Å². The second kappa shape index (κ2) is 7.23. The Hall–Kier alpha value is -1.15. The van der Waals surface area contributed by atoms with E-state index in [0.717, 1.165) is 19.3 Å². The van der Waals surface area contributed by atoms with E-state index in [-0.39, 0.29) is 12.0 Å². The van der Waals surface area contributed by atoms with E-state index in [1.165, 1.54) is 5.56 Å². The van der Waals surface area contributed by atoms with Gasteiger partial charge in [0.2, 0.25) is 0 Å². The van der Waals surface area contributed by atoms with Gasteiger partial charge in [-0.1, -0.05) is 44.2 Å². The van der Waals surface area contributed by atoms with Crippen LogP contribution in [0.4, 0.5) is 0 Å². The van der Waals surface area contributed by atoms with Crippen LogP contribution in [-0.4, -0.2) is 18.9 Å². The van der Waals surface area contributed by atoms with Crippen LogP contribution < -0.4 is 5.32 Å². The lowest BCUT2D eigenvalue weighted by Crippen LogP contribution is -2.36. The zero-order chi connectivity index (χ0) is 12.7. The first kappa shape index (κ1) is 13.9. The molecule has 0 saturated carbocycles. The minimum atomic E-state index is 0.0127. The molecule has 0 aliphatic heterocycles. The fourth-order valence-corrected chi connectivity index (χ4v) is 1.99. The third kappa shape index (κ3) is 4.70. The van der Waals surface area contributed by atoms with Crippen molar-refractivity contribution in [2.75, 3.05) is 7.05 Å². The Balaban J connectivity index is 2.36. The summed E-state index contributed by atoms with van der Waals surface area (Å²) in [6.45, 7) is 3.92. The Morgan fingerprint density at radius 2 is 1.88 bits per heavy atom. The molecule has 0 amide bonds. The molecule has 0 unspecified atom stereocenters. The average molecular weight is 233 g/mol. The molecule has 0 aliphatic rings. The number of likely N-dealkylation sites (N-methyl/N-ethyl adjacent to an activating group) is 1. The number of carbonyl (C=O) groups excluding carboxylic acids is 1. The minimum Gasteiger partial charge on any atom is -0.311 e. The fourth-order valence-electron chi connectivity index (χ4n) is 1.99. The van der Waals surface area contributed by atoms with Crippen molar-refractivity contribution in [2.45, 2.75) is 39.2 Å². The van der Waals surface area contributed by atoms with Crippen LogP contribution in [-0.2, 0) is 11.2 Å². The summed E-state index contributed by atoms with van der Waals surface area (Å²) in [5, 5.41) is 3.12. The minimum absolute atomic E-state index is 0.0127. The first-order chi connectivity index (χ1) is 8.15. The number of carbonyl (C=O) groups is 1. The van der Waals surface area contributed by atoms with Crippen molar-refractivity contribution in [3.8, 4) is 0 Å². The first-order valence-corrected chi connectivity index (χ1v) is 6.40. The Morgan fingerprint density at radius 1 is 1.24 bits per heavy atom. The number of benzene rings is 1. The molecule has 1 atom stereocenters. The molecular formula is C15H23NO. The lowest BCUT2D eigenvalue weighted by atomic mass is 9.96. The Kier molecular flexibility index (Phi) is 5.92. The van der Waals surface area contributed by atoms with E-state index < -0.39 is 0 Å². The van der Waals surface area contributed by atoms with Gasteiger partial charge in [0.1, 0.15) is 0 Å². The summed E-state index contributed by atoms with van der Waals surface area (Å²) in [6.07, 6.45) is 3.01. The molecule has 0 aliphatic carbocycles. The van der Waals surface area contributed by atoms with Gasteiger partial charge in [-0.2, -0.15) is 0 Å². The molecule has 0 spiro atoms. The van der Waals surface area contributed by atoms with Crippen molar-refractivity contribution < 1.29 is 4.79 Å². The van der Waals surface area contributed by atoms with Crippen LogP contribution in [0.2, 0.25) is 0 Å². The molecule has 1 aromatic carbocycles. The smallest absolute Gasteiger partial charge is 0.152 e. The van der Waals surface area contributed by atoms with Gasteiger partial charge in [0.25, 0.3) is 0 Å². The fraction of sp³-hybridized carbons (Fsp3) is 0.533. The van der Waals surface area contributed by atoms with Gasteiger partial charge in [0, 0.05) is 5.92 Å². The molecule has 0 aromatic heterocycles. The molecular weight excluding hydrogens is 210 g/mol. The summed E-state index contributed by atoms with van der Waals surface area (Å²) in [5.41, 5.74) is 1.35. The van der Waals surface area contributed by atoms with E-state index in [9.17, 15) is 4.79 Å². The zero-order valence-corrected chi connectivity index (χ0v) is 11.1. The average Bonchev–Trinajstić information content (AvgIpc) is 2.35. The van der Waals surface area contributed by atoms with Crippen LogP contribution in [0.5, 0.6) is 0 Å². The van der Waals surface area contributed by atoms with Gasteiger partial charge in [-0.25, -0.2) is 0 Å². The summed E-state index contributed by atoms with van der Waals surface area (Å²) in [7, 11) is 1.87. The maximum absolute atomic E-state index is 11.9. The van der Waals surface area contributed by atoms with Crippen molar-refractivity contribution in [1.82, 2.24) is 5.32 Å².